The van der Waals surface area contributed by atoms with E-state index in [1.165, 1.54) is 15.6 Å². The van der Waals surface area contributed by atoms with Crippen LogP contribution in [0, 0.1) is 6.92 Å². The molecule has 86 valence electrons. The average Bonchev–Trinajstić information content (AvgIpc) is 2.82. The number of aromatic nitrogens is 2. The molecule has 3 aromatic rings. The first kappa shape index (κ1) is 10.4. The van der Waals surface area contributed by atoms with Gasteiger partial charge >= 0.3 is 0 Å². The SMILES string of the molecule is Cc1nc(N)n(C)c1-c1csc2ccccc12. The van der Waals surface area contributed by atoms with E-state index in [1.807, 2.05) is 18.5 Å². The maximum Gasteiger partial charge on any atom is 0.200 e. The molecular formula is C13H13N3S. The van der Waals surface area contributed by atoms with Gasteiger partial charge in [0.2, 0.25) is 5.95 Å². The fourth-order valence-corrected chi connectivity index (χ4v) is 3.14. The Hall–Kier alpha value is -1.81. The van der Waals surface area contributed by atoms with Gasteiger partial charge in [-0.15, -0.1) is 11.3 Å². The van der Waals surface area contributed by atoms with Gasteiger partial charge in [0, 0.05) is 28.1 Å². The third-order valence-electron chi connectivity index (χ3n) is 3.04. The van der Waals surface area contributed by atoms with Gasteiger partial charge in [-0.05, 0) is 13.0 Å². The van der Waals surface area contributed by atoms with Crippen molar-refractivity contribution in [1.29, 1.82) is 0 Å². The lowest BCUT2D eigenvalue weighted by Crippen LogP contribution is -1.98. The van der Waals surface area contributed by atoms with Gasteiger partial charge in [0.15, 0.2) is 0 Å². The molecule has 0 saturated carbocycles. The van der Waals surface area contributed by atoms with E-state index < -0.39 is 0 Å². The van der Waals surface area contributed by atoms with Crippen LogP contribution in [0.4, 0.5) is 5.95 Å². The molecule has 0 spiro atoms. The average molecular weight is 243 g/mol. The predicted molar refractivity (Wildman–Crippen MR) is 73.2 cm³/mol. The van der Waals surface area contributed by atoms with E-state index in [0.717, 1.165) is 11.4 Å². The minimum atomic E-state index is 0.563. The summed E-state index contributed by atoms with van der Waals surface area (Å²) in [6.45, 7) is 2.00. The molecule has 2 heterocycles. The van der Waals surface area contributed by atoms with E-state index in [-0.39, 0.29) is 0 Å². The number of benzene rings is 1. The second-order valence-electron chi connectivity index (χ2n) is 4.11. The number of nitrogens with zero attached hydrogens (tertiary/aromatic N) is 2. The van der Waals surface area contributed by atoms with Crippen LogP contribution in [0.1, 0.15) is 5.69 Å². The van der Waals surface area contributed by atoms with Crippen molar-refractivity contribution in [2.24, 2.45) is 7.05 Å². The van der Waals surface area contributed by atoms with Gasteiger partial charge < -0.3 is 10.3 Å². The standard InChI is InChI=1S/C13H13N3S/c1-8-12(16(2)13(14)15-8)10-7-17-11-6-4-3-5-9(10)11/h3-7H,1-2H3,(H2,14,15). The minimum absolute atomic E-state index is 0.563. The Morgan fingerprint density at radius 3 is 2.76 bits per heavy atom. The lowest BCUT2D eigenvalue weighted by atomic mass is 10.1. The van der Waals surface area contributed by atoms with Gasteiger partial charge in [-0.1, -0.05) is 18.2 Å². The Kier molecular flexibility index (Phi) is 2.19. The maximum absolute atomic E-state index is 5.85. The zero-order valence-corrected chi connectivity index (χ0v) is 10.6. The van der Waals surface area contributed by atoms with Crippen molar-refractivity contribution in [2.75, 3.05) is 5.73 Å². The molecule has 2 N–H and O–H groups in total. The Balaban J connectivity index is 2.35. The van der Waals surface area contributed by atoms with Crippen LogP contribution in [-0.2, 0) is 7.05 Å². The summed E-state index contributed by atoms with van der Waals surface area (Å²) in [6.07, 6.45) is 0. The topological polar surface area (TPSA) is 43.8 Å². The molecule has 0 amide bonds. The summed E-state index contributed by atoms with van der Waals surface area (Å²) in [5.41, 5.74) is 9.16. The van der Waals surface area contributed by atoms with Gasteiger partial charge in [-0.3, -0.25) is 0 Å². The van der Waals surface area contributed by atoms with E-state index in [1.54, 1.807) is 11.3 Å². The van der Waals surface area contributed by atoms with Crippen LogP contribution in [-0.4, -0.2) is 9.55 Å². The molecular weight excluding hydrogens is 230 g/mol. The van der Waals surface area contributed by atoms with Gasteiger partial charge in [0.05, 0.1) is 11.4 Å². The summed E-state index contributed by atoms with van der Waals surface area (Å²) in [6, 6.07) is 8.41. The molecule has 1 aromatic carbocycles. The third-order valence-corrected chi connectivity index (χ3v) is 4.00. The number of aryl methyl sites for hydroxylation is 1. The predicted octanol–water partition coefficient (Wildman–Crippen LogP) is 3.19. The van der Waals surface area contributed by atoms with Crippen molar-refractivity contribution in [3.8, 4) is 11.3 Å². The van der Waals surface area contributed by atoms with E-state index in [4.69, 9.17) is 5.73 Å². The van der Waals surface area contributed by atoms with Gasteiger partial charge in [-0.25, -0.2) is 4.98 Å². The number of nitrogen functional groups attached to an aromatic ring is 1. The van der Waals surface area contributed by atoms with Crippen molar-refractivity contribution in [2.45, 2.75) is 6.92 Å². The molecule has 3 nitrogen and oxygen atoms in total. The zero-order chi connectivity index (χ0) is 12.0. The van der Waals surface area contributed by atoms with E-state index in [0.29, 0.717) is 5.95 Å². The number of thiophene rings is 1. The smallest absolute Gasteiger partial charge is 0.200 e. The van der Waals surface area contributed by atoms with Crippen molar-refractivity contribution >= 4 is 27.4 Å². The molecule has 0 fully saturated rings. The van der Waals surface area contributed by atoms with Crippen LogP contribution < -0.4 is 5.73 Å². The highest BCUT2D eigenvalue weighted by atomic mass is 32.1. The summed E-state index contributed by atoms with van der Waals surface area (Å²) in [4.78, 5) is 4.32. The van der Waals surface area contributed by atoms with Crippen molar-refractivity contribution < 1.29 is 0 Å². The largest absolute Gasteiger partial charge is 0.369 e. The van der Waals surface area contributed by atoms with Crippen molar-refractivity contribution in [1.82, 2.24) is 9.55 Å². The van der Waals surface area contributed by atoms with E-state index in [9.17, 15) is 0 Å². The highest BCUT2D eigenvalue weighted by Crippen LogP contribution is 2.35. The Bertz CT molecular complexity index is 694. The Morgan fingerprint density at radius 1 is 1.29 bits per heavy atom. The molecule has 17 heavy (non-hydrogen) atoms. The highest BCUT2D eigenvalue weighted by molar-refractivity contribution is 7.17. The molecule has 0 unspecified atom stereocenters. The molecule has 0 aliphatic carbocycles. The monoisotopic (exact) mass is 243 g/mol. The molecule has 0 saturated heterocycles. The molecule has 3 rings (SSSR count). The molecule has 0 aliphatic heterocycles. The number of hydrogen-bond acceptors (Lipinski definition) is 3. The third kappa shape index (κ3) is 1.45. The molecule has 0 radical (unpaired) electrons. The first-order chi connectivity index (χ1) is 8.18. The highest BCUT2D eigenvalue weighted by Gasteiger charge is 2.14. The molecule has 2 aromatic heterocycles. The van der Waals surface area contributed by atoms with Crippen LogP contribution in [0.15, 0.2) is 29.6 Å². The molecule has 0 aliphatic rings. The quantitative estimate of drug-likeness (QED) is 0.713. The van der Waals surface area contributed by atoms with Crippen LogP contribution in [0.2, 0.25) is 0 Å². The maximum atomic E-state index is 5.85. The molecule has 0 atom stereocenters. The number of nitrogens with two attached hydrogens (primary N) is 1. The molecule has 0 bridgehead atoms. The lowest BCUT2D eigenvalue weighted by molar-refractivity contribution is 0.939. The summed E-state index contributed by atoms with van der Waals surface area (Å²) >= 11 is 1.75. The minimum Gasteiger partial charge on any atom is -0.369 e. The fourth-order valence-electron chi connectivity index (χ4n) is 2.19. The van der Waals surface area contributed by atoms with Crippen molar-refractivity contribution in [3.63, 3.8) is 0 Å². The summed E-state index contributed by atoms with van der Waals surface area (Å²) in [5.74, 6) is 0.563. The lowest BCUT2D eigenvalue weighted by Gasteiger charge is -2.03. The van der Waals surface area contributed by atoms with Crippen LogP contribution in [0.3, 0.4) is 0 Å². The van der Waals surface area contributed by atoms with Gasteiger partial charge in [0.1, 0.15) is 0 Å². The van der Waals surface area contributed by atoms with Gasteiger partial charge in [-0.2, -0.15) is 0 Å². The van der Waals surface area contributed by atoms with Crippen molar-refractivity contribution in [3.05, 3.63) is 35.3 Å². The van der Waals surface area contributed by atoms with E-state index in [2.05, 4.69) is 34.6 Å². The Labute approximate surface area is 104 Å². The van der Waals surface area contributed by atoms with Crippen LogP contribution in [0.25, 0.3) is 21.3 Å². The molecule has 4 heteroatoms. The van der Waals surface area contributed by atoms with E-state index >= 15 is 0 Å². The fraction of sp³-hybridized carbons (Fsp3) is 0.154. The normalized spacial score (nSPS) is 11.2. The summed E-state index contributed by atoms with van der Waals surface area (Å²) in [7, 11) is 1.96. The number of anilines is 1. The summed E-state index contributed by atoms with van der Waals surface area (Å²) in [5, 5.41) is 3.44. The van der Waals surface area contributed by atoms with Gasteiger partial charge in [0.25, 0.3) is 0 Å². The van der Waals surface area contributed by atoms with Crippen LogP contribution in [0.5, 0.6) is 0 Å². The summed E-state index contributed by atoms with van der Waals surface area (Å²) < 4.78 is 3.24. The first-order valence-electron chi connectivity index (χ1n) is 5.44. The number of hydrogen-bond donors (Lipinski definition) is 1. The number of imidazole rings is 1. The van der Waals surface area contributed by atoms with Crippen LogP contribution >= 0.6 is 11.3 Å². The number of rotatable bonds is 1. The first-order valence-corrected chi connectivity index (χ1v) is 6.32. The second-order valence-corrected chi connectivity index (χ2v) is 5.02. The number of fused-ring (bicyclic) bond motifs is 1. The Morgan fingerprint density at radius 2 is 2.06 bits per heavy atom. The zero-order valence-electron chi connectivity index (χ0n) is 9.77. The second kappa shape index (κ2) is 3.60.